The summed E-state index contributed by atoms with van der Waals surface area (Å²) in [6, 6.07) is 6.65. The lowest BCUT2D eigenvalue weighted by atomic mass is 10.1. The first-order valence-electron chi connectivity index (χ1n) is 4.48. The normalized spacial score (nSPS) is 10.3. The fraction of sp³-hybridized carbons (Fsp3) is 0.0909. The molecule has 0 amide bonds. The molecule has 4 heteroatoms. The van der Waals surface area contributed by atoms with Crippen LogP contribution in [0.25, 0.3) is 11.1 Å². The van der Waals surface area contributed by atoms with Crippen LogP contribution >= 0.6 is 12.2 Å². The molecule has 2 rings (SSSR count). The minimum Gasteiger partial charge on any atom is -0.268 e. The van der Waals surface area contributed by atoms with Crippen molar-refractivity contribution in [3.8, 4) is 11.1 Å². The number of aromatic amines is 1. The van der Waals surface area contributed by atoms with Crippen LogP contribution in [-0.4, -0.2) is 10.2 Å². The second-order valence-electron chi connectivity index (χ2n) is 3.32. The molecule has 0 unspecified atom stereocenters. The van der Waals surface area contributed by atoms with Gasteiger partial charge in [-0.05, 0) is 25.1 Å². The Hall–Kier alpha value is -1.55. The number of H-pyrrole nitrogens is 1. The molecular formula is C11H9FN2S. The van der Waals surface area contributed by atoms with Crippen molar-refractivity contribution in [1.29, 1.82) is 0 Å². The summed E-state index contributed by atoms with van der Waals surface area (Å²) in [7, 11) is 0. The molecule has 0 fully saturated rings. The lowest BCUT2D eigenvalue weighted by Crippen LogP contribution is -1.88. The summed E-state index contributed by atoms with van der Waals surface area (Å²) in [4.78, 5) is 0. The van der Waals surface area contributed by atoms with E-state index in [0.717, 1.165) is 5.56 Å². The molecule has 0 aliphatic carbocycles. The highest BCUT2D eigenvalue weighted by Gasteiger charge is 2.05. The molecule has 0 saturated carbocycles. The molecule has 76 valence electrons. The van der Waals surface area contributed by atoms with E-state index < -0.39 is 0 Å². The van der Waals surface area contributed by atoms with Crippen molar-refractivity contribution in [2.45, 2.75) is 6.92 Å². The third-order valence-electron chi connectivity index (χ3n) is 2.10. The predicted octanol–water partition coefficient (Wildman–Crippen LogP) is 3.25. The quantitative estimate of drug-likeness (QED) is 0.747. The molecule has 1 aromatic carbocycles. The molecule has 0 atom stereocenters. The van der Waals surface area contributed by atoms with Gasteiger partial charge in [-0.3, -0.25) is 5.10 Å². The summed E-state index contributed by atoms with van der Waals surface area (Å²) in [6.45, 7) is 1.92. The average molecular weight is 220 g/mol. The molecule has 2 nitrogen and oxygen atoms in total. The average Bonchev–Trinajstić information content (AvgIpc) is 2.22. The first-order chi connectivity index (χ1) is 7.16. The number of aryl methyl sites for hydroxylation is 1. The van der Waals surface area contributed by atoms with Gasteiger partial charge in [-0.1, -0.05) is 23.8 Å². The van der Waals surface area contributed by atoms with Crippen LogP contribution in [-0.2, 0) is 0 Å². The zero-order valence-electron chi connectivity index (χ0n) is 8.12. The fourth-order valence-corrected chi connectivity index (χ4v) is 1.56. The summed E-state index contributed by atoms with van der Waals surface area (Å²) < 4.78 is 14.0. The highest BCUT2D eigenvalue weighted by atomic mass is 32.1. The largest absolute Gasteiger partial charge is 0.268 e. The SMILES string of the molecule is Cc1ccc(F)c(-c2cn[nH]c(=S)c2)c1. The van der Waals surface area contributed by atoms with Crippen molar-refractivity contribution in [3.63, 3.8) is 0 Å². The number of benzene rings is 1. The maximum absolute atomic E-state index is 13.5. The second kappa shape index (κ2) is 3.90. The topological polar surface area (TPSA) is 28.7 Å². The van der Waals surface area contributed by atoms with Crippen LogP contribution in [0.2, 0.25) is 0 Å². The van der Waals surface area contributed by atoms with Crippen molar-refractivity contribution in [2.75, 3.05) is 0 Å². The number of rotatable bonds is 1. The Bertz CT molecular complexity index is 548. The number of halogens is 1. The first-order valence-corrected chi connectivity index (χ1v) is 4.89. The fourth-order valence-electron chi connectivity index (χ4n) is 1.38. The Labute approximate surface area is 91.8 Å². The Morgan fingerprint density at radius 2 is 2.13 bits per heavy atom. The predicted molar refractivity (Wildman–Crippen MR) is 59.6 cm³/mol. The van der Waals surface area contributed by atoms with Crippen molar-refractivity contribution in [2.24, 2.45) is 0 Å². The molecule has 1 heterocycles. The van der Waals surface area contributed by atoms with Crippen LogP contribution < -0.4 is 0 Å². The van der Waals surface area contributed by atoms with E-state index in [2.05, 4.69) is 10.2 Å². The molecule has 2 aromatic rings. The summed E-state index contributed by atoms with van der Waals surface area (Å²) in [6.07, 6.45) is 1.56. The van der Waals surface area contributed by atoms with Gasteiger partial charge in [0.05, 0.1) is 6.20 Å². The minimum absolute atomic E-state index is 0.261. The van der Waals surface area contributed by atoms with E-state index in [1.807, 2.05) is 6.92 Å². The molecule has 0 saturated heterocycles. The van der Waals surface area contributed by atoms with Crippen molar-refractivity contribution in [1.82, 2.24) is 10.2 Å². The van der Waals surface area contributed by atoms with Gasteiger partial charge in [-0.15, -0.1) is 0 Å². The van der Waals surface area contributed by atoms with Crippen LogP contribution in [0.3, 0.4) is 0 Å². The maximum atomic E-state index is 13.5. The summed E-state index contributed by atoms with van der Waals surface area (Å²) in [5.74, 6) is -0.261. The van der Waals surface area contributed by atoms with Gasteiger partial charge in [0, 0.05) is 11.1 Å². The molecular weight excluding hydrogens is 211 g/mol. The van der Waals surface area contributed by atoms with E-state index in [4.69, 9.17) is 12.2 Å². The summed E-state index contributed by atoms with van der Waals surface area (Å²) >= 11 is 4.94. The summed E-state index contributed by atoms with van der Waals surface area (Å²) in [5.41, 5.74) is 2.23. The van der Waals surface area contributed by atoms with E-state index in [0.29, 0.717) is 15.8 Å². The standard InChI is InChI=1S/C11H9FN2S/c1-7-2-3-10(12)9(4-7)8-5-11(15)14-13-6-8/h2-6H,1H3,(H,14,15). The van der Waals surface area contributed by atoms with Gasteiger partial charge in [-0.2, -0.15) is 5.10 Å². The second-order valence-corrected chi connectivity index (χ2v) is 3.76. The monoisotopic (exact) mass is 220 g/mol. The van der Waals surface area contributed by atoms with E-state index in [1.54, 1.807) is 24.4 Å². The number of nitrogens with zero attached hydrogens (tertiary/aromatic N) is 1. The minimum atomic E-state index is -0.261. The maximum Gasteiger partial charge on any atom is 0.131 e. The van der Waals surface area contributed by atoms with Crippen LogP contribution in [0.1, 0.15) is 5.56 Å². The molecule has 1 aromatic heterocycles. The number of nitrogens with one attached hydrogen (secondary N) is 1. The Kier molecular flexibility index (Phi) is 2.60. The van der Waals surface area contributed by atoms with E-state index >= 15 is 0 Å². The zero-order chi connectivity index (χ0) is 10.8. The van der Waals surface area contributed by atoms with Gasteiger partial charge in [0.25, 0.3) is 0 Å². The highest BCUT2D eigenvalue weighted by molar-refractivity contribution is 7.71. The Morgan fingerprint density at radius 1 is 1.33 bits per heavy atom. The Balaban J connectivity index is 2.63. The smallest absolute Gasteiger partial charge is 0.131 e. The number of aromatic nitrogens is 2. The lowest BCUT2D eigenvalue weighted by molar-refractivity contribution is 0.630. The third-order valence-corrected chi connectivity index (χ3v) is 2.31. The molecule has 0 radical (unpaired) electrons. The van der Waals surface area contributed by atoms with E-state index in [-0.39, 0.29) is 5.82 Å². The van der Waals surface area contributed by atoms with Gasteiger partial charge in [-0.25, -0.2) is 4.39 Å². The third kappa shape index (κ3) is 2.10. The first kappa shape index (κ1) is 9.98. The molecule has 0 bridgehead atoms. The van der Waals surface area contributed by atoms with Gasteiger partial charge < -0.3 is 0 Å². The van der Waals surface area contributed by atoms with Crippen molar-refractivity contribution >= 4 is 12.2 Å². The lowest BCUT2D eigenvalue weighted by Gasteiger charge is -2.03. The summed E-state index contributed by atoms with van der Waals surface area (Å²) in [5, 5.41) is 6.45. The molecule has 0 spiro atoms. The van der Waals surface area contributed by atoms with Crippen LogP contribution in [0.15, 0.2) is 30.5 Å². The van der Waals surface area contributed by atoms with Crippen LogP contribution in [0, 0.1) is 17.4 Å². The van der Waals surface area contributed by atoms with Crippen molar-refractivity contribution in [3.05, 3.63) is 46.5 Å². The van der Waals surface area contributed by atoms with Gasteiger partial charge >= 0.3 is 0 Å². The molecule has 0 aliphatic heterocycles. The van der Waals surface area contributed by atoms with Crippen LogP contribution in [0.4, 0.5) is 4.39 Å². The van der Waals surface area contributed by atoms with E-state index in [1.165, 1.54) is 6.07 Å². The van der Waals surface area contributed by atoms with Gasteiger partial charge in [0.2, 0.25) is 0 Å². The zero-order valence-corrected chi connectivity index (χ0v) is 8.94. The van der Waals surface area contributed by atoms with E-state index in [9.17, 15) is 4.39 Å². The Morgan fingerprint density at radius 3 is 2.87 bits per heavy atom. The number of hydrogen-bond acceptors (Lipinski definition) is 2. The van der Waals surface area contributed by atoms with Crippen molar-refractivity contribution < 1.29 is 4.39 Å². The number of hydrogen-bond donors (Lipinski definition) is 1. The highest BCUT2D eigenvalue weighted by Crippen LogP contribution is 2.22. The molecule has 1 N–H and O–H groups in total. The molecule has 15 heavy (non-hydrogen) atoms. The van der Waals surface area contributed by atoms with Crippen LogP contribution in [0.5, 0.6) is 0 Å². The van der Waals surface area contributed by atoms with Gasteiger partial charge in [0.1, 0.15) is 10.5 Å². The van der Waals surface area contributed by atoms with Gasteiger partial charge in [0.15, 0.2) is 0 Å². The molecule has 0 aliphatic rings.